The Bertz CT molecular complexity index is 805. The molecule has 2 aliphatic heterocycles. The molecule has 3 unspecified atom stereocenters. The van der Waals surface area contributed by atoms with Crippen LogP contribution in [-0.2, 0) is 6.42 Å². The molecule has 27 heavy (non-hydrogen) atoms. The van der Waals surface area contributed by atoms with Crippen molar-refractivity contribution in [3.63, 3.8) is 0 Å². The van der Waals surface area contributed by atoms with Gasteiger partial charge in [-0.2, -0.15) is 0 Å². The van der Waals surface area contributed by atoms with Crippen LogP contribution in [0.1, 0.15) is 23.6 Å². The standard InChI is InChI=1S/C21H26N2O3S/c1-25-18-9-13-7-8-23-20(16(13)10-19(18)26-2)14(11-24)12-27-21(23)15-5-3-4-6-17(15)22/h3-5,9-10,14,20-22,24H,6-8,11-12H2,1-2H3. The van der Waals surface area contributed by atoms with E-state index in [1.54, 1.807) is 14.2 Å². The van der Waals surface area contributed by atoms with Crippen LogP contribution >= 0.6 is 11.8 Å². The fourth-order valence-corrected chi connectivity index (χ4v) is 5.96. The molecule has 0 radical (unpaired) electrons. The fourth-order valence-electron chi connectivity index (χ4n) is 4.41. The van der Waals surface area contributed by atoms with E-state index in [0.29, 0.717) is 12.1 Å². The number of nitrogens with one attached hydrogen (secondary N) is 1. The zero-order valence-corrected chi connectivity index (χ0v) is 16.6. The van der Waals surface area contributed by atoms with Crippen molar-refractivity contribution in [2.45, 2.75) is 24.3 Å². The molecule has 1 aromatic rings. The van der Waals surface area contributed by atoms with E-state index >= 15 is 0 Å². The van der Waals surface area contributed by atoms with Gasteiger partial charge in [0.1, 0.15) is 0 Å². The summed E-state index contributed by atoms with van der Waals surface area (Å²) in [5, 5.41) is 18.6. The Labute approximate surface area is 164 Å². The van der Waals surface area contributed by atoms with Crippen LogP contribution in [0.4, 0.5) is 0 Å². The van der Waals surface area contributed by atoms with Gasteiger partial charge in [-0.05, 0) is 29.7 Å². The molecule has 5 nitrogen and oxygen atoms in total. The summed E-state index contributed by atoms with van der Waals surface area (Å²) in [6, 6.07) is 4.30. The maximum Gasteiger partial charge on any atom is 0.161 e. The van der Waals surface area contributed by atoms with E-state index in [-0.39, 0.29) is 23.9 Å². The molecule has 0 saturated carbocycles. The van der Waals surface area contributed by atoms with Crippen molar-refractivity contribution in [3.05, 3.63) is 47.1 Å². The maximum atomic E-state index is 10.1. The van der Waals surface area contributed by atoms with E-state index in [1.165, 1.54) is 11.1 Å². The summed E-state index contributed by atoms with van der Waals surface area (Å²) >= 11 is 1.85. The predicted molar refractivity (Wildman–Crippen MR) is 109 cm³/mol. The minimum Gasteiger partial charge on any atom is -0.493 e. The normalized spacial score (nSPS) is 27.6. The van der Waals surface area contributed by atoms with Gasteiger partial charge in [0.15, 0.2) is 11.5 Å². The van der Waals surface area contributed by atoms with Crippen molar-refractivity contribution in [2.24, 2.45) is 5.92 Å². The Morgan fingerprint density at radius 3 is 2.74 bits per heavy atom. The lowest BCUT2D eigenvalue weighted by atomic mass is 9.84. The minimum atomic E-state index is 0.129. The number of nitrogens with zero attached hydrogens (tertiary/aromatic N) is 1. The highest BCUT2D eigenvalue weighted by molar-refractivity contribution is 8.00. The predicted octanol–water partition coefficient (Wildman–Crippen LogP) is 3.19. The molecule has 0 amide bonds. The number of thioether (sulfide) groups is 1. The summed E-state index contributed by atoms with van der Waals surface area (Å²) in [4.78, 5) is 2.48. The molecule has 1 fully saturated rings. The number of aliphatic hydroxyl groups excluding tert-OH is 1. The molecular formula is C21H26N2O3S. The molecule has 2 N–H and O–H groups in total. The summed E-state index contributed by atoms with van der Waals surface area (Å²) in [5.41, 5.74) is 4.30. The molecule has 3 atom stereocenters. The number of methoxy groups -OCH3 is 2. The summed E-state index contributed by atoms with van der Waals surface area (Å²) in [6.45, 7) is 1.07. The third-order valence-corrected chi connectivity index (χ3v) is 7.22. The molecular weight excluding hydrogens is 360 g/mol. The maximum absolute atomic E-state index is 10.1. The highest BCUT2D eigenvalue weighted by Crippen LogP contribution is 2.48. The van der Waals surface area contributed by atoms with Gasteiger partial charge in [0, 0.05) is 48.6 Å². The molecule has 6 heteroatoms. The number of aliphatic hydroxyl groups is 1. The van der Waals surface area contributed by atoms with Crippen LogP contribution in [0.15, 0.2) is 35.9 Å². The van der Waals surface area contributed by atoms with Gasteiger partial charge in [-0.1, -0.05) is 18.2 Å². The zero-order chi connectivity index (χ0) is 19.0. The van der Waals surface area contributed by atoms with Gasteiger partial charge >= 0.3 is 0 Å². The highest BCUT2D eigenvalue weighted by atomic mass is 32.2. The van der Waals surface area contributed by atoms with Crippen molar-refractivity contribution in [3.8, 4) is 11.5 Å². The van der Waals surface area contributed by atoms with Gasteiger partial charge in [0.25, 0.3) is 0 Å². The van der Waals surface area contributed by atoms with Gasteiger partial charge in [-0.25, -0.2) is 0 Å². The van der Waals surface area contributed by atoms with E-state index in [9.17, 15) is 5.11 Å². The largest absolute Gasteiger partial charge is 0.493 e. The van der Waals surface area contributed by atoms with Crippen LogP contribution in [0.2, 0.25) is 0 Å². The molecule has 0 aromatic heterocycles. The number of hydrogen-bond acceptors (Lipinski definition) is 6. The Morgan fingerprint density at radius 2 is 2.04 bits per heavy atom. The van der Waals surface area contributed by atoms with Crippen molar-refractivity contribution in [2.75, 3.05) is 33.1 Å². The molecule has 1 aliphatic carbocycles. The van der Waals surface area contributed by atoms with Gasteiger partial charge in [-0.15, -0.1) is 11.8 Å². The fraction of sp³-hybridized carbons (Fsp3) is 0.476. The van der Waals surface area contributed by atoms with E-state index < -0.39 is 0 Å². The van der Waals surface area contributed by atoms with Crippen molar-refractivity contribution < 1.29 is 14.6 Å². The first kappa shape index (κ1) is 18.6. The molecule has 0 spiro atoms. The lowest BCUT2D eigenvalue weighted by Crippen LogP contribution is -2.50. The second kappa shape index (κ2) is 7.70. The van der Waals surface area contributed by atoms with Crippen molar-refractivity contribution in [1.82, 2.24) is 4.90 Å². The van der Waals surface area contributed by atoms with Crippen molar-refractivity contribution in [1.29, 1.82) is 5.41 Å². The van der Waals surface area contributed by atoms with E-state index in [0.717, 1.165) is 35.8 Å². The Balaban J connectivity index is 1.76. The zero-order valence-electron chi connectivity index (χ0n) is 15.8. The summed E-state index contributed by atoms with van der Waals surface area (Å²) in [5.74, 6) is 2.54. The van der Waals surface area contributed by atoms with Crippen LogP contribution in [0.3, 0.4) is 0 Å². The van der Waals surface area contributed by atoms with Gasteiger partial charge < -0.3 is 20.0 Å². The smallest absolute Gasteiger partial charge is 0.161 e. The average Bonchev–Trinajstić information content (AvgIpc) is 2.72. The van der Waals surface area contributed by atoms with Gasteiger partial charge in [0.05, 0.1) is 19.6 Å². The van der Waals surface area contributed by atoms with Gasteiger partial charge in [-0.3, -0.25) is 4.90 Å². The second-order valence-electron chi connectivity index (χ2n) is 7.20. The molecule has 0 bridgehead atoms. The minimum absolute atomic E-state index is 0.129. The number of benzene rings is 1. The highest BCUT2D eigenvalue weighted by Gasteiger charge is 2.43. The number of hydrogen-bond donors (Lipinski definition) is 2. The summed E-state index contributed by atoms with van der Waals surface area (Å²) < 4.78 is 11.0. The van der Waals surface area contributed by atoms with E-state index in [1.807, 2.05) is 17.8 Å². The van der Waals surface area contributed by atoms with E-state index in [4.69, 9.17) is 14.9 Å². The first-order chi connectivity index (χ1) is 13.2. The number of rotatable bonds is 4. The quantitative estimate of drug-likeness (QED) is 0.832. The third-order valence-electron chi connectivity index (χ3n) is 5.76. The second-order valence-corrected chi connectivity index (χ2v) is 8.31. The molecule has 4 rings (SSSR count). The lowest BCUT2D eigenvalue weighted by Gasteiger charge is -2.49. The lowest BCUT2D eigenvalue weighted by molar-refractivity contribution is 0.0906. The number of fused-ring (bicyclic) bond motifs is 3. The first-order valence-corrected chi connectivity index (χ1v) is 10.4. The third kappa shape index (κ3) is 3.20. The van der Waals surface area contributed by atoms with Crippen LogP contribution in [0, 0.1) is 11.3 Å². The molecule has 144 valence electrons. The van der Waals surface area contributed by atoms with Crippen LogP contribution in [0.5, 0.6) is 11.5 Å². The number of allylic oxidation sites excluding steroid dienone is 3. The molecule has 2 heterocycles. The van der Waals surface area contributed by atoms with E-state index in [2.05, 4.69) is 29.2 Å². The molecule has 3 aliphatic rings. The van der Waals surface area contributed by atoms with Crippen LogP contribution < -0.4 is 9.47 Å². The van der Waals surface area contributed by atoms with Crippen LogP contribution in [0.25, 0.3) is 0 Å². The van der Waals surface area contributed by atoms with Crippen molar-refractivity contribution >= 4 is 17.5 Å². The molecule has 1 saturated heterocycles. The summed E-state index contributed by atoms with van der Waals surface area (Å²) in [6.07, 6.45) is 7.82. The van der Waals surface area contributed by atoms with Crippen LogP contribution in [-0.4, -0.2) is 54.2 Å². The topological polar surface area (TPSA) is 65.8 Å². The number of ether oxygens (including phenoxy) is 2. The first-order valence-electron chi connectivity index (χ1n) is 9.35. The molecule has 1 aromatic carbocycles. The summed E-state index contributed by atoms with van der Waals surface area (Å²) in [7, 11) is 3.33. The Morgan fingerprint density at radius 1 is 1.26 bits per heavy atom. The Hall–Kier alpha value is -1.76. The average molecular weight is 387 g/mol. The SMILES string of the molecule is COc1cc2c(cc1OC)C1C(CO)CSC(C3=CC=CCC3=N)N1CC2. The Kier molecular flexibility index (Phi) is 5.30. The van der Waals surface area contributed by atoms with Gasteiger partial charge in [0.2, 0.25) is 0 Å². The monoisotopic (exact) mass is 386 g/mol.